The van der Waals surface area contributed by atoms with Crippen molar-refractivity contribution in [3.63, 3.8) is 0 Å². The Balaban J connectivity index is 2.11. The number of hydrogen-bond donors (Lipinski definition) is 2. The molecule has 2 rings (SSSR count). The number of thiophene rings is 1. The van der Waals surface area contributed by atoms with Crippen molar-refractivity contribution in [3.05, 3.63) is 40.2 Å². The topological polar surface area (TPSA) is 77.2 Å². The van der Waals surface area contributed by atoms with Crippen LogP contribution in [0.1, 0.15) is 15.4 Å². The number of amides is 1. The fourth-order valence-corrected chi connectivity index (χ4v) is 2.19. The summed E-state index contributed by atoms with van der Waals surface area (Å²) in [7, 11) is 1.56. The zero-order valence-corrected chi connectivity index (χ0v) is 11.7. The third kappa shape index (κ3) is 3.57. The van der Waals surface area contributed by atoms with Gasteiger partial charge in [0.15, 0.2) is 0 Å². The van der Waals surface area contributed by atoms with Crippen molar-refractivity contribution in [2.24, 2.45) is 5.73 Å². The molecule has 0 fully saturated rings. The smallest absolute Gasteiger partial charge is 0.267 e. The highest BCUT2D eigenvalue weighted by Crippen LogP contribution is 2.21. The summed E-state index contributed by atoms with van der Waals surface area (Å²) < 4.78 is 5.04. The summed E-state index contributed by atoms with van der Waals surface area (Å²) in [6.07, 6.45) is 0. The molecule has 3 N–H and O–H groups in total. The first-order valence-electron chi connectivity index (χ1n) is 5.83. The third-order valence-corrected chi connectivity index (χ3v) is 3.25. The number of aromatic nitrogens is 1. The lowest BCUT2D eigenvalue weighted by molar-refractivity contribution is 0.103. The second-order valence-electron chi connectivity index (χ2n) is 3.72. The Labute approximate surface area is 120 Å². The number of nitrogens with two attached hydrogens (primary N) is 1. The molecule has 6 heteroatoms. The van der Waals surface area contributed by atoms with E-state index in [0.29, 0.717) is 22.1 Å². The van der Waals surface area contributed by atoms with Crippen LogP contribution in [0.4, 0.5) is 5.82 Å². The quantitative estimate of drug-likeness (QED) is 0.843. The minimum Gasteiger partial charge on any atom is -0.496 e. The summed E-state index contributed by atoms with van der Waals surface area (Å²) in [6.45, 7) is 0.271. The van der Waals surface area contributed by atoms with Crippen molar-refractivity contribution in [1.82, 2.24) is 4.98 Å². The van der Waals surface area contributed by atoms with E-state index in [1.807, 2.05) is 0 Å². The summed E-state index contributed by atoms with van der Waals surface area (Å²) in [4.78, 5) is 16.8. The number of nitrogens with zero attached hydrogens (tertiary/aromatic N) is 1. The molecule has 20 heavy (non-hydrogen) atoms. The predicted octanol–water partition coefficient (Wildman–Crippen LogP) is 1.71. The van der Waals surface area contributed by atoms with Gasteiger partial charge in [-0.1, -0.05) is 12.0 Å². The van der Waals surface area contributed by atoms with E-state index in [-0.39, 0.29) is 12.5 Å². The number of ether oxygens (including phenoxy) is 1. The van der Waals surface area contributed by atoms with E-state index >= 15 is 0 Å². The van der Waals surface area contributed by atoms with Crippen molar-refractivity contribution < 1.29 is 9.53 Å². The van der Waals surface area contributed by atoms with Gasteiger partial charge in [-0.15, -0.1) is 11.3 Å². The van der Waals surface area contributed by atoms with E-state index in [9.17, 15) is 4.79 Å². The molecule has 5 nitrogen and oxygen atoms in total. The van der Waals surface area contributed by atoms with Gasteiger partial charge in [-0.2, -0.15) is 0 Å². The van der Waals surface area contributed by atoms with Gasteiger partial charge in [-0.3, -0.25) is 4.79 Å². The van der Waals surface area contributed by atoms with Crippen LogP contribution >= 0.6 is 11.3 Å². The standard InChI is InChI=1S/C14H13N3O2S/c1-19-11-8-12(20-9-11)14(18)17-13-6-2-4-10(16-13)5-3-7-15/h2,4,6,8-9H,7,15H2,1H3,(H,16,17,18). The van der Waals surface area contributed by atoms with Gasteiger partial charge in [0.1, 0.15) is 17.3 Å². The average Bonchev–Trinajstić information content (AvgIpc) is 2.94. The lowest BCUT2D eigenvalue weighted by Gasteiger charge is -2.02. The molecule has 0 unspecified atom stereocenters. The van der Waals surface area contributed by atoms with Gasteiger partial charge in [-0.25, -0.2) is 4.98 Å². The first kappa shape index (κ1) is 14.1. The monoisotopic (exact) mass is 287 g/mol. The highest BCUT2D eigenvalue weighted by molar-refractivity contribution is 7.12. The predicted molar refractivity (Wildman–Crippen MR) is 79.0 cm³/mol. The van der Waals surface area contributed by atoms with Crippen LogP contribution in [0.2, 0.25) is 0 Å². The molecule has 102 valence electrons. The molecule has 2 aromatic rings. The van der Waals surface area contributed by atoms with Crippen LogP contribution in [0, 0.1) is 11.8 Å². The minimum absolute atomic E-state index is 0.227. The molecule has 0 aliphatic carbocycles. The Morgan fingerprint density at radius 3 is 3.10 bits per heavy atom. The third-order valence-electron chi connectivity index (χ3n) is 2.34. The summed E-state index contributed by atoms with van der Waals surface area (Å²) in [6, 6.07) is 6.92. The maximum absolute atomic E-state index is 12.0. The SMILES string of the molecule is COc1csc(C(=O)Nc2cccc(C#CCN)n2)c1. The number of nitrogens with one attached hydrogen (secondary N) is 1. The number of rotatable bonds is 3. The van der Waals surface area contributed by atoms with Gasteiger partial charge >= 0.3 is 0 Å². The molecule has 0 aliphatic heterocycles. The first-order valence-corrected chi connectivity index (χ1v) is 6.71. The van der Waals surface area contributed by atoms with E-state index < -0.39 is 0 Å². The maximum atomic E-state index is 12.0. The second kappa shape index (κ2) is 6.70. The summed E-state index contributed by atoms with van der Waals surface area (Å²) >= 11 is 1.31. The number of carbonyl (C=O) groups excluding carboxylic acids is 1. The lowest BCUT2D eigenvalue weighted by atomic mass is 10.3. The van der Waals surface area contributed by atoms with Crippen molar-refractivity contribution in [2.75, 3.05) is 19.0 Å². The minimum atomic E-state index is -0.227. The molecule has 2 aromatic heterocycles. The van der Waals surface area contributed by atoms with Crippen LogP contribution in [0.3, 0.4) is 0 Å². The van der Waals surface area contributed by atoms with Gasteiger partial charge in [0.25, 0.3) is 5.91 Å². The fourth-order valence-electron chi connectivity index (χ4n) is 1.44. The normalized spacial score (nSPS) is 9.50. The van der Waals surface area contributed by atoms with Crippen molar-refractivity contribution in [2.45, 2.75) is 0 Å². The first-order chi connectivity index (χ1) is 9.72. The largest absolute Gasteiger partial charge is 0.496 e. The molecular formula is C14H13N3O2S. The molecule has 0 saturated heterocycles. The van der Waals surface area contributed by atoms with Crippen LogP contribution in [0.25, 0.3) is 0 Å². The molecule has 0 bridgehead atoms. The van der Waals surface area contributed by atoms with Gasteiger partial charge in [-0.05, 0) is 18.1 Å². The molecule has 0 atom stereocenters. The number of methoxy groups -OCH3 is 1. The van der Waals surface area contributed by atoms with Crippen LogP contribution in [0.15, 0.2) is 29.6 Å². The molecule has 0 spiro atoms. The van der Waals surface area contributed by atoms with Crippen LogP contribution in [0.5, 0.6) is 5.75 Å². The molecule has 0 radical (unpaired) electrons. The number of anilines is 1. The van der Waals surface area contributed by atoms with E-state index in [0.717, 1.165) is 0 Å². The highest BCUT2D eigenvalue weighted by Gasteiger charge is 2.10. The number of hydrogen-bond acceptors (Lipinski definition) is 5. The molecule has 1 amide bonds. The fraction of sp³-hybridized carbons (Fsp3) is 0.143. The Morgan fingerprint density at radius 2 is 2.40 bits per heavy atom. The second-order valence-corrected chi connectivity index (χ2v) is 4.63. The summed E-state index contributed by atoms with van der Waals surface area (Å²) in [5.74, 6) is 6.42. The van der Waals surface area contributed by atoms with Crippen molar-refractivity contribution in [1.29, 1.82) is 0 Å². The van der Waals surface area contributed by atoms with Gasteiger partial charge < -0.3 is 15.8 Å². The van der Waals surface area contributed by atoms with Gasteiger partial charge in [0, 0.05) is 11.4 Å². The summed E-state index contributed by atoms with van der Waals surface area (Å²) in [5.41, 5.74) is 5.87. The lowest BCUT2D eigenvalue weighted by Crippen LogP contribution is -2.11. The molecule has 0 aromatic carbocycles. The Hall–Kier alpha value is -2.36. The van der Waals surface area contributed by atoms with Crippen LogP contribution in [-0.4, -0.2) is 24.5 Å². The number of carbonyl (C=O) groups is 1. The Kier molecular flexibility index (Phi) is 4.71. The molecule has 0 aliphatic rings. The van der Waals surface area contributed by atoms with E-state index in [4.69, 9.17) is 10.5 Å². The molecular weight excluding hydrogens is 274 g/mol. The zero-order valence-electron chi connectivity index (χ0n) is 10.8. The Bertz CT molecular complexity index is 670. The highest BCUT2D eigenvalue weighted by atomic mass is 32.1. The zero-order chi connectivity index (χ0) is 14.4. The number of pyridine rings is 1. The van der Waals surface area contributed by atoms with Crippen LogP contribution < -0.4 is 15.8 Å². The molecule has 0 saturated carbocycles. The van der Waals surface area contributed by atoms with Gasteiger partial charge in [0.05, 0.1) is 18.5 Å². The van der Waals surface area contributed by atoms with Gasteiger partial charge in [0.2, 0.25) is 0 Å². The molecule has 2 heterocycles. The van der Waals surface area contributed by atoms with E-state index in [2.05, 4.69) is 22.1 Å². The maximum Gasteiger partial charge on any atom is 0.267 e. The van der Waals surface area contributed by atoms with Crippen LogP contribution in [-0.2, 0) is 0 Å². The van der Waals surface area contributed by atoms with E-state index in [1.165, 1.54) is 11.3 Å². The van der Waals surface area contributed by atoms with E-state index in [1.54, 1.807) is 36.8 Å². The Morgan fingerprint density at radius 1 is 1.55 bits per heavy atom. The average molecular weight is 287 g/mol. The van der Waals surface area contributed by atoms with Crippen molar-refractivity contribution in [3.8, 4) is 17.6 Å². The summed E-state index contributed by atoms with van der Waals surface area (Å²) in [5, 5.41) is 4.49. The van der Waals surface area contributed by atoms with Crippen molar-refractivity contribution >= 4 is 23.1 Å².